The molecule has 16 heavy (non-hydrogen) atoms. The van der Waals surface area contributed by atoms with E-state index in [0.717, 1.165) is 0 Å². The van der Waals surface area contributed by atoms with Crippen LogP contribution in [0, 0.1) is 0 Å². The number of nitrogens with one attached hydrogen (secondary N) is 1. The molecule has 0 aromatic heterocycles. The van der Waals surface area contributed by atoms with E-state index < -0.39 is 10.0 Å². The molecule has 0 atom stereocenters. The maximum absolute atomic E-state index is 11.9. The molecule has 0 radical (unpaired) electrons. The van der Waals surface area contributed by atoms with Crippen LogP contribution in [0.25, 0.3) is 0 Å². The van der Waals surface area contributed by atoms with E-state index in [1.54, 1.807) is 4.31 Å². The molecule has 1 N–H and O–H groups in total. The molecule has 0 unspecified atom stereocenters. The van der Waals surface area contributed by atoms with Gasteiger partial charge in [0, 0.05) is 25.7 Å². The summed E-state index contributed by atoms with van der Waals surface area (Å²) in [6.07, 6.45) is 3.66. The molecule has 5 nitrogen and oxygen atoms in total. The fraction of sp³-hybridized carbons (Fsp3) is 1.00. The molecule has 2 rings (SSSR count). The van der Waals surface area contributed by atoms with Gasteiger partial charge in [-0.15, -0.1) is 0 Å². The van der Waals surface area contributed by atoms with Crippen LogP contribution in [0.2, 0.25) is 0 Å². The summed E-state index contributed by atoms with van der Waals surface area (Å²) < 4.78 is 30.5. The number of nitrogens with zero attached hydrogens (tertiary/aromatic N) is 1. The first-order valence-corrected chi connectivity index (χ1v) is 7.58. The van der Waals surface area contributed by atoms with Crippen LogP contribution in [0.3, 0.4) is 0 Å². The van der Waals surface area contributed by atoms with Crippen molar-refractivity contribution in [1.29, 1.82) is 0 Å². The van der Waals surface area contributed by atoms with Crippen molar-refractivity contribution < 1.29 is 13.2 Å². The van der Waals surface area contributed by atoms with Gasteiger partial charge < -0.3 is 10.1 Å². The van der Waals surface area contributed by atoms with Gasteiger partial charge in [-0.25, -0.2) is 8.42 Å². The standard InChI is InChI=1S/C10H20N2O3S/c13-16(14,12-5-7-15-8-6-12)9-4-11-10-2-1-3-10/h10-11H,1-9H2. The Balaban J connectivity index is 1.72. The van der Waals surface area contributed by atoms with Crippen LogP contribution in [-0.2, 0) is 14.8 Å². The van der Waals surface area contributed by atoms with Crippen LogP contribution < -0.4 is 5.32 Å². The van der Waals surface area contributed by atoms with E-state index in [0.29, 0.717) is 38.9 Å². The Morgan fingerprint density at radius 1 is 1.25 bits per heavy atom. The van der Waals surface area contributed by atoms with Gasteiger partial charge in [0.2, 0.25) is 10.0 Å². The second-order valence-corrected chi connectivity index (χ2v) is 6.50. The van der Waals surface area contributed by atoms with Crippen molar-refractivity contribution in [1.82, 2.24) is 9.62 Å². The number of ether oxygens (including phenoxy) is 1. The zero-order valence-electron chi connectivity index (χ0n) is 9.52. The van der Waals surface area contributed by atoms with Gasteiger partial charge >= 0.3 is 0 Å². The number of hydrogen-bond donors (Lipinski definition) is 1. The third kappa shape index (κ3) is 3.16. The van der Waals surface area contributed by atoms with Crippen molar-refractivity contribution in [3.63, 3.8) is 0 Å². The van der Waals surface area contributed by atoms with Crippen molar-refractivity contribution in [3.8, 4) is 0 Å². The Kier molecular flexibility index (Phi) is 4.18. The van der Waals surface area contributed by atoms with Crippen molar-refractivity contribution in [2.75, 3.05) is 38.6 Å². The molecule has 2 fully saturated rings. The first kappa shape index (κ1) is 12.3. The predicted octanol–water partition coefficient (Wildman–Crippen LogP) is -0.209. The lowest BCUT2D eigenvalue weighted by molar-refractivity contribution is 0.0730. The maximum atomic E-state index is 11.9. The maximum Gasteiger partial charge on any atom is 0.215 e. The Morgan fingerprint density at radius 2 is 1.94 bits per heavy atom. The lowest BCUT2D eigenvalue weighted by atomic mass is 9.93. The summed E-state index contributed by atoms with van der Waals surface area (Å²) in [6, 6.07) is 0.555. The molecule has 1 aliphatic carbocycles. The molecular formula is C10H20N2O3S. The largest absolute Gasteiger partial charge is 0.379 e. The summed E-state index contributed by atoms with van der Waals surface area (Å²) in [4.78, 5) is 0. The van der Waals surface area contributed by atoms with Gasteiger partial charge in [-0.1, -0.05) is 6.42 Å². The SMILES string of the molecule is O=S(=O)(CCNC1CCC1)N1CCOCC1. The third-order valence-corrected chi connectivity index (χ3v) is 5.13. The normalized spacial score (nSPS) is 24.2. The highest BCUT2D eigenvalue weighted by atomic mass is 32.2. The number of morpholine rings is 1. The third-order valence-electron chi connectivity index (χ3n) is 3.26. The minimum atomic E-state index is -3.07. The molecule has 1 aliphatic heterocycles. The highest BCUT2D eigenvalue weighted by Crippen LogP contribution is 2.17. The van der Waals surface area contributed by atoms with Gasteiger partial charge in [-0.05, 0) is 12.8 Å². The van der Waals surface area contributed by atoms with Crippen LogP contribution in [0.5, 0.6) is 0 Å². The summed E-state index contributed by atoms with van der Waals surface area (Å²) in [5, 5.41) is 3.28. The minimum Gasteiger partial charge on any atom is -0.379 e. The average Bonchev–Trinajstić information content (AvgIpc) is 2.23. The number of hydrogen-bond acceptors (Lipinski definition) is 4. The lowest BCUT2D eigenvalue weighted by Crippen LogP contribution is -2.45. The van der Waals surface area contributed by atoms with E-state index in [4.69, 9.17) is 4.74 Å². The number of rotatable bonds is 5. The molecular weight excluding hydrogens is 228 g/mol. The molecule has 1 saturated heterocycles. The van der Waals surface area contributed by atoms with E-state index in [1.165, 1.54) is 19.3 Å². The van der Waals surface area contributed by atoms with Crippen molar-refractivity contribution in [2.24, 2.45) is 0 Å². The summed E-state index contributed by atoms with van der Waals surface area (Å²) >= 11 is 0. The van der Waals surface area contributed by atoms with Gasteiger partial charge in [0.25, 0.3) is 0 Å². The van der Waals surface area contributed by atoms with E-state index in [-0.39, 0.29) is 5.75 Å². The average molecular weight is 248 g/mol. The summed E-state index contributed by atoms with van der Waals surface area (Å²) in [7, 11) is -3.07. The molecule has 1 heterocycles. The summed E-state index contributed by atoms with van der Waals surface area (Å²) in [5.41, 5.74) is 0. The first-order chi connectivity index (χ1) is 7.68. The first-order valence-electron chi connectivity index (χ1n) is 5.97. The second-order valence-electron chi connectivity index (χ2n) is 4.41. The molecule has 1 saturated carbocycles. The Hall–Kier alpha value is -0.170. The molecule has 6 heteroatoms. The predicted molar refractivity (Wildman–Crippen MR) is 61.8 cm³/mol. The van der Waals surface area contributed by atoms with Crippen LogP contribution in [0.4, 0.5) is 0 Å². The lowest BCUT2D eigenvalue weighted by Gasteiger charge is -2.28. The zero-order valence-corrected chi connectivity index (χ0v) is 10.3. The second kappa shape index (κ2) is 5.44. The van der Waals surface area contributed by atoms with Crippen LogP contribution in [0.15, 0.2) is 0 Å². The molecule has 0 spiro atoms. The van der Waals surface area contributed by atoms with E-state index in [1.807, 2.05) is 0 Å². The highest BCUT2D eigenvalue weighted by molar-refractivity contribution is 7.89. The van der Waals surface area contributed by atoms with Crippen molar-refractivity contribution in [2.45, 2.75) is 25.3 Å². The van der Waals surface area contributed by atoms with Gasteiger partial charge in [-0.2, -0.15) is 4.31 Å². The van der Waals surface area contributed by atoms with Gasteiger partial charge in [0.05, 0.1) is 19.0 Å². The molecule has 0 amide bonds. The minimum absolute atomic E-state index is 0.212. The van der Waals surface area contributed by atoms with Crippen LogP contribution in [-0.4, -0.2) is 57.4 Å². The van der Waals surface area contributed by atoms with Gasteiger partial charge in [0.1, 0.15) is 0 Å². The Morgan fingerprint density at radius 3 is 2.50 bits per heavy atom. The van der Waals surface area contributed by atoms with E-state index in [9.17, 15) is 8.42 Å². The Labute approximate surface area is 97.2 Å². The van der Waals surface area contributed by atoms with Crippen LogP contribution >= 0.6 is 0 Å². The van der Waals surface area contributed by atoms with Gasteiger partial charge in [-0.3, -0.25) is 0 Å². The van der Waals surface area contributed by atoms with E-state index >= 15 is 0 Å². The highest BCUT2D eigenvalue weighted by Gasteiger charge is 2.24. The summed E-state index contributed by atoms with van der Waals surface area (Å²) in [5.74, 6) is 0.212. The molecule has 94 valence electrons. The van der Waals surface area contributed by atoms with Crippen molar-refractivity contribution >= 4 is 10.0 Å². The van der Waals surface area contributed by atoms with Crippen molar-refractivity contribution in [3.05, 3.63) is 0 Å². The molecule has 0 aromatic carbocycles. The fourth-order valence-corrected chi connectivity index (χ4v) is 3.30. The topological polar surface area (TPSA) is 58.6 Å². The zero-order chi connectivity index (χ0) is 11.4. The van der Waals surface area contributed by atoms with Gasteiger partial charge in [0.15, 0.2) is 0 Å². The molecule has 0 bridgehead atoms. The summed E-state index contributed by atoms with van der Waals surface area (Å²) in [6.45, 7) is 2.63. The quantitative estimate of drug-likeness (QED) is 0.731. The van der Waals surface area contributed by atoms with E-state index in [2.05, 4.69) is 5.32 Å². The molecule has 0 aromatic rings. The monoisotopic (exact) mass is 248 g/mol. The van der Waals surface area contributed by atoms with Crippen LogP contribution in [0.1, 0.15) is 19.3 Å². The Bertz CT molecular complexity index is 308. The fourth-order valence-electron chi connectivity index (χ4n) is 1.96. The molecule has 2 aliphatic rings. The number of sulfonamides is 1. The smallest absolute Gasteiger partial charge is 0.215 e.